The number of aliphatic hydroxyl groups excluding tert-OH is 1. The summed E-state index contributed by atoms with van der Waals surface area (Å²) in [5, 5.41) is 16.6. The van der Waals surface area contributed by atoms with Crippen molar-refractivity contribution < 1.29 is 19.0 Å². The molecule has 0 unspecified atom stereocenters. The number of nitrogens with zero attached hydrogens (tertiary/aromatic N) is 2. The van der Waals surface area contributed by atoms with E-state index in [9.17, 15) is 9.18 Å². The number of hydrogen-bond donors (Lipinski definition) is 1. The fourth-order valence-electron chi connectivity index (χ4n) is 1.80. The number of amides is 1. The van der Waals surface area contributed by atoms with Gasteiger partial charge in [-0.25, -0.2) is 4.39 Å². The van der Waals surface area contributed by atoms with Crippen LogP contribution < -0.4 is 0 Å². The van der Waals surface area contributed by atoms with Gasteiger partial charge in [0.05, 0.1) is 13.2 Å². The van der Waals surface area contributed by atoms with Crippen LogP contribution in [-0.4, -0.2) is 48.8 Å². The van der Waals surface area contributed by atoms with Gasteiger partial charge in [-0.3, -0.25) is 4.79 Å². The number of ether oxygens (including phenoxy) is 1. The first-order chi connectivity index (χ1) is 10.6. The Morgan fingerprint density at radius 3 is 2.45 bits per heavy atom. The topological polar surface area (TPSA) is 73.6 Å². The predicted molar refractivity (Wildman–Crippen MR) is 80.1 cm³/mol. The van der Waals surface area contributed by atoms with Crippen molar-refractivity contribution in [2.75, 3.05) is 32.9 Å². The zero-order valence-corrected chi connectivity index (χ0v) is 12.5. The first-order valence-corrected chi connectivity index (χ1v) is 6.97. The van der Waals surface area contributed by atoms with Crippen LogP contribution in [0, 0.1) is 17.1 Å². The van der Waals surface area contributed by atoms with Gasteiger partial charge < -0.3 is 14.7 Å². The Kier molecular flexibility index (Phi) is 7.83. The van der Waals surface area contributed by atoms with E-state index in [2.05, 4.69) is 0 Å². The van der Waals surface area contributed by atoms with Crippen molar-refractivity contribution in [2.24, 2.45) is 0 Å². The van der Waals surface area contributed by atoms with Gasteiger partial charge in [-0.15, -0.1) is 0 Å². The van der Waals surface area contributed by atoms with E-state index in [4.69, 9.17) is 15.1 Å². The number of carbonyl (C=O) groups is 1. The molecule has 118 valence electrons. The van der Waals surface area contributed by atoms with E-state index >= 15 is 0 Å². The second-order valence-electron chi connectivity index (χ2n) is 4.44. The summed E-state index contributed by atoms with van der Waals surface area (Å²) in [5.74, 6) is -0.662. The van der Waals surface area contributed by atoms with Gasteiger partial charge in [0, 0.05) is 19.7 Å². The van der Waals surface area contributed by atoms with Crippen LogP contribution in [0.15, 0.2) is 29.8 Å². The van der Waals surface area contributed by atoms with Gasteiger partial charge in [-0.05, 0) is 30.7 Å². The highest BCUT2D eigenvalue weighted by atomic mass is 19.1. The average molecular weight is 306 g/mol. The van der Waals surface area contributed by atoms with Crippen LogP contribution in [-0.2, 0) is 9.53 Å². The molecule has 0 radical (unpaired) electrons. The number of carbonyl (C=O) groups excluding carboxylic acids is 1. The average Bonchev–Trinajstić information content (AvgIpc) is 2.55. The van der Waals surface area contributed by atoms with Crippen molar-refractivity contribution in [1.29, 1.82) is 5.26 Å². The smallest absolute Gasteiger partial charge is 0.264 e. The van der Waals surface area contributed by atoms with Crippen molar-refractivity contribution in [2.45, 2.75) is 6.92 Å². The Morgan fingerprint density at radius 1 is 1.41 bits per heavy atom. The zero-order valence-electron chi connectivity index (χ0n) is 12.5. The van der Waals surface area contributed by atoms with Crippen LogP contribution in [0.2, 0.25) is 0 Å². The monoisotopic (exact) mass is 306 g/mol. The van der Waals surface area contributed by atoms with Gasteiger partial charge in [0.15, 0.2) is 0 Å². The molecule has 0 spiro atoms. The van der Waals surface area contributed by atoms with Crippen LogP contribution in [0.4, 0.5) is 4.39 Å². The molecular weight excluding hydrogens is 287 g/mol. The minimum absolute atomic E-state index is 0.0495. The lowest BCUT2D eigenvalue weighted by atomic mass is 10.1. The van der Waals surface area contributed by atoms with Crippen LogP contribution >= 0.6 is 0 Å². The SMILES string of the molecule is CCO.N#C/C(=C\c1ccc(F)cc1)C(=O)N1CCOCC1. The summed E-state index contributed by atoms with van der Waals surface area (Å²) in [6, 6.07) is 7.54. The third-order valence-electron chi connectivity index (χ3n) is 2.83. The Morgan fingerprint density at radius 2 is 1.95 bits per heavy atom. The molecule has 1 aliphatic heterocycles. The van der Waals surface area contributed by atoms with E-state index in [-0.39, 0.29) is 23.9 Å². The maximum absolute atomic E-state index is 12.8. The number of aliphatic hydroxyl groups is 1. The largest absolute Gasteiger partial charge is 0.397 e. The molecule has 1 N–H and O–H groups in total. The summed E-state index contributed by atoms with van der Waals surface area (Å²) in [7, 11) is 0. The molecule has 1 aliphatic rings. The van der Waals surface area contributed by atoms with Gasteiger partial charge in [-0.2, -0.15) is 5.26 Å². The molecule has 5 nitrogen and oxygen atoms in total. The van der Waals surface area contributed by atoms with Crippen LogP contribution in [0.5, 0.6) is 0 Å². The molecule has 2 rings (SSSR count). The lowest BCUT2D eigenvalue weighted by Crippen LogP contribution is -2.41. The maximum Gasteiger partial charge on any atom is 0.264 e. The van der Waals surface area contributed by atoms with Crippen molar-refractivity contribution in [1.82, 2.24) is 4.90 Å². The molecule has 0 saturated carbocycles. The van der Waals surface area contributed by atoms with Crippen molar-refractivity contribution in [3.05, 3.63) is 41.2 Å². The summed E-state index contributed by atoms with van der Waals surface area (Å²) in [6.45, 7) is 3.88. The molecule has 6 heteroatoms. The third kappa shape index (κ3) is 5.64. The molecule has 1 fully saturated rings. The predicted octanol–water partition coefficient (Wildman–Crippen LogP) is 1.59. The Labute approximate surface area is 129 Å². The second kappa shape index (κ2) is 9.66. The highest BCUT2D eigenvalue weighted by Gasteiger charge is 2.20. The minimum Gasteiger partial charge on any atom is -0.397 e. The fourth-order valence-corrected chi connectivity index (χ4v) is 1.80. The van der Waals surface area contributed by atoms with Gasteiger partial charge in [0.1, 0.15) is 17.5 Å². The van der Waals surface area contributed by atoms with Crippen LogP contribution in [0.1, 0.15) is 12.5 Å². The molecule has 1 amide bonds. The highest BCUT2D eigenvalue weighted by molar-refractivity contribution is 6.01. The minimum atomic E-state index is -0.352. The molecule has 1 heterocycles. The number of halogens is 1. The van der Waals surface area contributed by atoms with Crippen LogP contribution in [0.25, 0.3) is 6.08 Å². The second-order valence-corrected chi connectivity index (χ2v) is 4.44. The third-order valence-corrected chi connectivity index (χ3v) is 2.83. The summed E-state index contributed by atoms with van der Waals surface area (Å²) in [4.78, 5) is 13.7. The fraction of sp³-hybridized carbons (Fsp3) is 0.375. The molecule has 0 aliphatic carbocycles. The van der Waals surface area contributed by atoms with Crippen molar-refractivity contribution in [3.8, 4) is 6.07 Å². The number of morpholine rings is 1. The van der Waals surface area contributed by atoms with E-state index < -0.39 is 0 Å². The summed E-state index contributed by atoms with van der Waals surface area (Å²) in [5.41, 5.74) is 0.674. The normalized spacial score (nSPS) is 14.6. The molecule has 0 bridgehead atoms. The van der Waals surface area contributed by atoms with E-state index in [1.807, 2.05) is 6.07 Å². The lowest BCUT2D eigenvalue weighted by molar-refractivity contribution is -0.130. The van der Waals surface area contributed by atoms with Gasteiger partial charge in [0.25, 0.3) is 5.91 Å². The van der Waals surface area contributed by atoms with Gasteiger partial charge in [-0.1, -0.05) is 12.1 Å². The van der Waals surface area contributed by atoms with E-state index in [0.717, 1.165) is 0 Å². The Balaban J connectivity index is 0.000000745. The molecule has 0 atom stereocenters. The molecule has 1 saturated heterocycles. The molecular formula is C16H19FN2O3. The van der Waals surface area contributed by atoms with Gasteiger partial charge >= 0.3 is 0 Å². The van der Waals surface area contributed by atoms with Crippen LogP contribution in [0.3, 0.4) is 0 Å². The molecule has 0 aromatic heterocycles. The van der Waals surface area contributed by atoms with E-state index in [1.54, 1.807) is 11.8 Å². The standard InChI is InChI=1S/C14H13FN2O2.C2H6O/c15-13-3-1-11(2-4-13)9-12(10-16)14(18)17-5-7-19-8-6-17;1-2-3/h1-4,9H,5-8H2;3H,2H2,1H3/b12-9+;. The van der Waals surface area contributed by atoms with Crippen molar-refractivity contribution >= 4 is 12.0 Å². The first kappa shape index (κ1) is 17.8. The van der Waals surface area contributed by atoms with Gasteiger partial charge in [0.2, 0.25) is 0 Å². The summed E-state index contributed by atoms with van der Waals surface area (Å²) < 4.78 is 17.9. The molecule has 1 aromatic carbocycles. The lowest BCUT2D eigenvalue weighted by Gasteiger charge is -2.26. The molecule has 1 aromatic rings. The zero-order chi connectivity index (χ0) is 16.4. The Bertz CT molecular complexity index is 544. The van der Waals surface area contributed by atoms with Crippen molar-refractivity contribution in [3.63, 3.8) is 0 Å². The maximum atomic E-state index is 12.8. The summed E-state index contributed by atoms with van der Waals surface area (Å²) in [6.07, 6.45) is 1.47. The van der Waals surface area contributed by atoms with E-state index in [0.29, 0.717) is 31.9 Å². The number of hydrogen-bond acceptors (Lipinski definition) is 4. The quantitative estimate of drug-likeness (QED) is 0.665. The number of benzene rings is 1. The molecule has 22 heavy (non-hydrogen) atoms. The highest BCUT2D eigenvalue weighted by Crippen LogP contribution is 2.11. The number of rotatable bonds is 2. The summed E-state index contributed by atoms with van der Waals surface area (Å²) >= 11 is 0. The number of nitriles is 1. The first-order valence-electron chi connectivity index (χ1n) is 6.97. The van der Waals surface area contributed by atoms with E-state index in [1.165, 1.54) is 30.3 Å². The Hall–Kier alpha value is -2.23.